The molecule has 6 heteroatoms. The number of fused-ring (bicyclic) bond motifs is 2. The van der Waals surface area contributed by atoms with Gasteiger partial charge in [-0.05, 0) is 50.2 Å². The molecule has 3 aliphatic rings. The van der Waals surface area contributed by atoms with Gasteiger partial charge in [-0.15, -0.1) is 0 Å². The number of benzene rings is 1. The topological polar surface area (TPSA) is 67.9 Å². The average Bonchev–Trinajstić information content (AvgIpc) is 3.28. The molecule has 2 fully saturated rings. The molecule has 1 aromatic carbocycles. The third-order valence-electron chi connectivity index (χ3n) is 6.52. The molecule has 1 aliphatic carbocycles. The largest absolute Gasteiger partial charge is 0.493 e. The van der Waals surface area contributed by atoms with Crippen LogP contribution in [0.3, 0.4) is 0 Å². The number of rotatable bonds is 4. The molecule has 0 unspecified atom stereocenters. The van der Waals surface area contributed by atoms with Gasteiger partial charge in [-0.3, -0.25) is 9.59 Å². The van der Waals surface area contributed by atoms with Gasteiger partial charge in [0, 0.05) is 30.8 Å². The molecule has 4 rings (SSSR count). The van der Waals surface area contributed by atoms with Crippen LogP contribution in [0.15, 0.2) is 12.1 Å². The Balaban J connectivity index is 1.60. The summed E-state index contributed by atoms with van der Waals surface area (Å²) < 4.78 is 11.8. The van der Waals surface area contributed by atoms with E-state index in [0.29, 0.717) is 37.4 Å². The maximum atomic E-state index is 13.0. The monoisotopic (exact) mass is 386 g/mol. The number of hydrogen-bond acceptors (Lipinski definition) is 4. The van der Waals surface area contributed by atoms with Crippen LogP contribution >= 0.6 is 0 Å². The summed E-state index contributed by atoms with van der Waals surface area (Å²) in [5, 5.41) is 3.06. The van der Waals surface area contributed by atoms with Gasteiger partial charge in [0.15, 0.2) is 11.5 Å². The fourth-order valence-corrected chi connectivity index (χ4v) is 4.83. The van der Waals surface area contributed by atoms with Crippen LogP contribution in [0.5, 0.6) is 11.5 Å². The molecule has 0 aromatic heterocycles. The van der Waals surface area contributed by atoms with Gasteiger partial charge in [0.1, 0.15) is 0 Å². The van der Waals surface area contributed by atoms with Crippen molar-refractivity contribution in [2.45, 2.75) is 63.9 Å². The molecule has 1 saturated heterocycles. The SMILES string of the molecule is COc1cc2c(cc1OC1CCCC1)NC(=O)C21CCN(C(=O)C(C)C)CC1. The third-order valence-corrected chi connectivity index (χ3v) is 6.52. The van der Waals surface area contributed by atoms with E-state index in [1.54, 1.807) is 7.11 Å². The van der Waals surface area contributed by atoms with E-state index in [2.05, 4.69) is 5.32 Å². The minimum absolute atomic E-state index is 0.0193. The van der Waals surface area contributed by atoms with Gasteiger partial charge >= 0.3 is 0 Å². The summed E-state index contributed by atoms with van der Waals surface area (Å²) in [5.74, 6) is 1.56. The van der Waals surface area contributed by atoms with E-state index in [1.165, 1.54) is 12.8 Å². The predicted octanol–water partition coefficient (Wildman–Crippen LogP) is 3.48. The van der Waals surface area contributed by atoms with E-state index in [9.17, 15) is 9.59 Å². The third kappa shape index (κ3) is 3.12. The first-order valence-electron chi connectivity index (χ1n) is 10.4. The lowest BCUT2D eigenvalue weighted by molar-refractivity contribution is -0.137. The molecule has 2 amide bonds. The number of ether oxygens (including phenoxy) is 2. The van der Waals surface area contributed by atoms with E-state index in [0.717, 1.165) is 24.1 Å². The average molecular weight is 386 g/mol. The molecule has 6 nitrogen and oxygen atoms in total. The maximum Gasteiger partial charge on any atom is 0.235 e. The van der Waals surface area contributed by atoms with Crippen LogP contribution in [-0.2, 0) is 15.0 Å². The number of nitrogens with zero attached hydrogens (tertiary/aromatic N) is 1. The lowest BCUT2D eigenvalue weighted by atomic mass is 9.73. The van der Waals surface area contributed by atoms with Crippen molar-refractivity contribution in [2.75, 3.05) is 25.5 Å². The van der Waals surface area contributed by atoms with Gasteiger partial charge < -0.3 is 19.7 Å². The summed E-state index contributed by atoms with van der Waals surface area (Å²) in [7, 11) is 1.64. The van der Waals surface area contributed by atoms with E-state index in [4.69, 9.17) is 9.47 Å². The molecule has 2 heterocycles. The number of hydrogen-bond donors (Lipinski definition) is 1. The Labute approximate surface area is 166 Å². The van der Waals surface area contributed by atoms with Crippen molar-refractivity contribution in [3.63, 3.8) is 0 Å². The van der Waals surface area contributed by atoms with Crippen molar-refractivity contribution in [1.29, 1.82) is 0 Å². The molecule has 1 spiro atoms. The number of anilines is 1. The maximum absolute atomic E-state index is 13.0. The first-order valence-corrected chi connectivity index (χ1v) is 10.4. The first-order chi connectivity index (χ1) is 13.4. The lowest BCUT2D eigenvalue weighted by Gasteiger charge is -2.38. The fourth-order valence-electron chi connectivity index (χ4n) is 4.83. The fraction of sp³-hybridized carbons (Fsp3) is 0.636. The number of likely N-dealkylation sites (tertiary alicyclic amines) is 1. The van der Waals surface area contributed by atoms with Gasteiger partial charge in [0.2, 0.25) is 11.8 Å². The standard InChI is InChI=1S/C22H30N2O4/c1-14(2)20(25)24-10-8-22(9-11-24)16-12-18(27-3)19(13-17(16)23-21(22)26)28-15-6-4-5-7-15/h12-15H,4-11H2,1-3H3,(H,23,26). The highest BCUT2D eigenvalue weighted by molar-refractivity contribution is 6.07. The molecule has 152 valence electrons. The minimum Gasteiger partial charge on any atom is -0.493 e. The quantitative estimate of drug-likeness (QED) is 0.860. The Bertz CT molecular complexity index is 775. The Hall–Kier alpha value is -2.24. The van der Waals surface area contributed by atoms with Crippen molar-refractivity contribution in [2.24, 2.45) is 5.92 Å². The van der Waals surface area contributed by atoms with Gasteiger partial charge in [-0.25, -0.2) is 0 Å². The smallest absolute Gasteiger partial charge is 0.235 e. The van der Waals surface area contributed by atoms with Crippen molar-refractivity contribution in [3.05, 3.63) is 17.7 Å². The number of carbonyl (C=O) groups is 2. The second-order valence-corrected chi connectivity index (χ2v) is 8.59. The van der Waals surface area contributed by atoms with Crippen molar-refractivity contribution in [1.82, 2.24) is 4.90 Å². The van der Waals surface area contributed by atoms with Gasteiger partial charge in [0.25, 0.3) is 0 Å². The number of nitrogens with one attached hydrogen (secondary N) is 1. The van der Waals surface area contributed by atoms with Crippen LogP contribution in [0.2, 0.25) is 0 Å². The molecule has 0 atom stereocenters. The van der Waals surface area contributed by atoms with Crippen LogP contribution in [0.25, 0.3) is 0 Å². The van der Waals surface area contributed by atoms with Crippen LogP contribution in [0, 0.1) is 5.92 Å². The second kappa shape index (κ2) is 7.30. The molecular formula is C22H30N2O4. The summed E-state index contributed by atoms with van der Waals surface area (Å²) in [5.41, 5.74) is 1.22. The Morgan fingerprint density at radius 3 is 2.46 bits per heavy atom. The Morgan fingerprint density at radius 2 is 1.86 bits per heavy atom. The zero-order valence-corrected chi connectivity index (χ0v) is 17.0. The molecular weight excluding hydrogens is 356 g/mol. The highest BCUT2D eigenvalue weighted by Crippen LogP contribution is 2.49. The van der Waals surface area contributed by atoms with E-state index in [1.807, 2.05) is 30.9 Å². The number of methoxy groups -OCH3 is 1. The van der Waals surface area contributed by atoms with Gasteiger partial charge in [0.05, 0.1) is 18.6 Å². The van der Waals surface area contributed by atoms with E-state index >= 15 is 0 Å². The molecule has 28 heavy (non-hydrogen) atoms. The number of amides is 2. The normalized spacial score (nSPS) is 21.1. The summed E-state index contributed by atoms with van der Waals surface area (Å²) in [6, 6.07) is 3.89. The lowest BCUT2D eigenvalue weighted by Crippen LogP contribution is -2.49. The molecule has 1 aromatic rings. The second-order valence-electron chi connectivity index (χ2n) is 8.59. The highest BCUT2D eigenvalue weighted by Gasteiger charge is 2.49. The molecule has 1 N–H and O–H groups in total. The summed E-state index contributed by atoms with van der Waals surface area (Å²) in [6.07, 6.45) is 6.02. The number of piperidine rings is 1. The van der Waals surface area contributed by atoms with Crippen LogP contribution in [0.1, 0.15) is 57.9 Å². The van der Waals surface area contributed by atoms with Gasteiger partial charge in [-0.2, -0.15) is 0 Å². The summed E-state index contributed by atoms with van der Waals surface area (Å²) in [6.45, 7) is 5.04. The molecule has 1 saturated carbocycles. The van der Waals surface area contributed by atoms with Crippen molar-refractivity contribution in [3.8, 4) is 11.5 Å². The van der Waals surface area contributed by atoms with Crippen molar-refractivity contribution < 1.29 is 19.1 Å². The van der Waals surface area contributed by atoms with Crippen LogP contribution < -0.4 is 14.8 Å². The Morgan fingerprint density at radius 1 is 1.18 bits per heavy atom. The highest BCUT2D eigenvalue weighted by atomic mass is 16.5. The van der Waals surface area contributed by atoms with E-state index < -0.39 is 5.41 Å². The summed E-state index contributed by atoms with van der Waals surface area (Å²) >= 11 is 0. The van der Waals surface area contributed by atoms with Crippen LogP contribution in [-0.4, -0.2) is 43.0 Å². The minimum atomic E-state index is -0.581. The van der Waals surface area contributed by atoms with Gasteiger partial charge in [-0.1, -0.05) is 13.8 Å². The predicted molar refractivity (Wildman–Crippen MR) is 107 cm³/mol. The molecule has 2 aliphatic heterocycles. The zero-order valence-electron chi connectivity index (χ0n) is 17.0. The van der Waals surface area contributed by atoms with Crippen molar-refractivity contribution >= 4 is 17.5 Å². The van der Waals surface area contributed by atoms with E-state index in [-0.39, 0.29) is 23.8 Å². The molecule has 0 bridgehead atoms. The van der Waals surface area contributed by atoms with Crippen LogP contribution in [0.4, 0.5) is 5.69 Å². The Kier molecular flexibility index (Phi) is 4.98. The molecule has 0 radical (unpaired) electrons. The zero-order chi connectivity index (χ0) is 19.9. The number of carbonyl (C=O) groups excluding carboxylic acids is 2. The summed E-state index contributed by atoms with van der Waals surface area (Å²) in [4.78, 5) is 27.2. The first kappa shape index (κ1) is 19.1.